The van der Waals surface area contributed by atoms with Crippen LogP contribution in [0.5, 0.6) is 0 Å². The molecule has 0 aliphatic heterocycles. The number of hydrogen-bond acceptors (Lipinski definition) is 4. The van der Waals surface area contributed by atoms with Gasteiger partial charge in [0.25, 0.3) is 0 Å². The second-order valence-corrected chi connectivity index (χ2v) is 15.5. The molecule has 0 aliphatic rings. The summed E-state index contributed by atoms with van der Waals surface area (Å²) in [4.78, 5) is 12.2. The normalized spacial score (nSPS) is 13.0. The zero-order valence-corrected chi connectivity index (χ0v) is 36.4. The van der Waals surface area contributed by atoms with Gasteiger partial charge in [-0.25, -0.2) is 0 Å². The number of aliphatic hydroxyl groups is 1. The molecule has 0 bridgehead atoms. The summed E-state index contributed by atoms with van der Waals surface area (Å²) in [5.74, 6) is -0.224. The second kappa shape index (κ2) is 48.0. The van der Waals surface area contributed by atoms with Gasteiger partial charge in [0.2, 0.25) is 0 Å². The Labute approximate surface area is 342 Å². The van der Waals surface area contributed by atoms with Crippen LogP contribution in [0.25, 0.3) is 0 Å². The topological polar surface area (TPSA) is 55.8 Å². The molecule has 0 aromatic rings. The minimum absolute atomic E-state index is 0.184. The molecule has 0 aromatic heterocycles. The molecule has 318 valence electrons. The summed E-state index contributed by atoms with van der Waals surface area (Å²) in [5, 5.41) is 9.63. The Kier molecular flexibility index (Phi) is 46.1. The maximum absolute atomic E-state index is 12.2. The highest BCUT2D eigenvalue weighted by atomic mass is 16.6. The minimum atomic E-state index is -0.550. The third-order valence-corrected chi connectivity index (χ3v) is 10.0. The predicted octanol–water partition coefficient (Wildman–Crippen LogP) is 15.8. The Balaban J connectivity index is 3.49. The maximum Gasteiger partial charge on any atom is 0.306 e. The summed E-state index contributed by atoms with van der Waals surface area (Å²) in [6.07, 6.45) is 65.5. The molecule has 55 heavy (non-hydrogen) atoms. The van der Waals surface area contributed by atoms with Crippen molar-refractivity contribution in [3.05, 3.63) is 72.9 Å². The van der Waals surface area contributed by atoms with Crippen LogP contribution >= 0.6 is 0 Å². The quantitative estimate of drug-likeness (QED) is 0.0381. The summed E-state index contributed by atoms with van der Waals surface area (Å²) in [6, 6.07) is 0. The van der Waals surface area contributed by atoms with Crippen LogP contribution in [0, 0.1) is 0 Å². The number of unbranched alkanes of at least 4 members (excludes halogenated alkanes) is 23. The van der Waals surface area contributed by atoms with E-state index in [4.69, 9.17) is 9.47 Å². The van der Waals surface area contributed by atoms with Gasteiger partial charge in [0.1, 0.15) is 6.10 Å². The maximum atomic E-state index is 12.2. The summed E-state index contributed by atoms with van der Waals surface area (Å²) < 4.78 is 11.2. The van der Waals surface area contributed by atoms with E-state index >= 15 is 0 Å². The van der Waals surface area contributed by atoms with E-state index in [0.717, 1.165) is 77.0 Å². The molecule has 0 saturated heterocycles. The van der Waals surface area contributed by atoms with Crippen LogP contribution in [-0.4, -0.2) is 37.0 Å². The monoisotopic (exact) mass is 767 g/mol. The first kappa shape index (κ1) is 52.8. The van der Waals surface area contributed by atoms with Crippen LogP contribution in [-0.2, 0) is 14.3 Å². The number of esters is 1. The average molecular weight is 767 g/mol. The lowest BCUT2D eigenvalue weighted by atomic mass is 10.0. The van der Waals surface area contributed by atoms with Crippen molar-refractivity contribution in [2.75, 3.05) is 19.8 Å². The van der Waals surface area contributed by atoms with Gasteiger partial charge in [-0.05, 0) is 64.2 Å². The van der Waals surface area contributed by atoms with Gasteiger partial charge >= 0.3 is 5.97 Å². The van der Waals surface area contributed by atoms with Crippen LogP contribution in [0.3, 0.4) is 0 Å². The Hall–Kier alpha value is -2.17. The zero-order chi connectivity index (χ0) is 39.8. The molecule has 0 radical (unpaired) electrons. The standard InChI is InChI=1S/C51H90O4/c1-3-5-7-9-11-13-15-17-19-21-23-25-26-27-28-30-32-34-36-38-40-42-44-46-51(53)55-50(48-52)49-54-47-45-43-41-39-37-35-33-31-29-24-22-20-18-16-14-12-10-8-6-4-2/h5,7,11,13,17,19,23,25,27-28,32,34,50,52H,3-4,6,8-10,12,14-16,18,20-22,24,26,29-31,33,35-49H2,1-2H3/b7-5-,13-11-,19-17-,25-23-,28-27-,34-32-. The van der Waals surface area contributed by atoms with Crippen LogP contribution in [0.1, 0.15) is 219 Å². The molecule has 0 spiro atoms. The first-order valence-corrected chi connectivity index (χ1v) is 23.5. The second-order valence-electron chi connectivity index (χ2n) is 15.5. The summed E-state index contributed by atoms with van der Waals surface area (Å²) in [7, 11) is 0. The van der Waals surface area contributed by atoms with E-state index in [0.29, 0.717) is 13.0 Å². The SMILES string of the molecule is CC/C=C\C/C=C\C/C=C\C/C=C\C/C=C\C/C=C\CCCCCCC(=O)OC(CO)COCCCCCCCCCCCCCCCCCCCCCC. The van der Waals surface area contributed by atoms with E-state index in [9.17, 15) is 9.90 Å². The van der Waals surface area contributed by atoms with Crippen molar-refractivity contribution in [3.8, 4) is 0 Å². The van der Waals surface area contributed by atoms with Gasteiger partial charge in [-0.3, -0.25) is 4.79 Å². The van der Waals surface area contributed by atoms with Gasteiger partial charge < -0.3 is 14.6 Å². The number of rotatable bonds is 43. The lowest BCUT2D eigenvalue weighted by Gasteiger charge is -2.15. The largest absolute Gasteiger partial charge is 0.457 e. The van der Waals surface area contributed by atoms with Gasteiger partial charge in [-0.2, -0.15) is 0 Å². The van der Waals surface area contributed by atoms with Crippen molar-refractivity contribution in [2.24, 2.45) is 0 Å². The fraction of sp³-hybridized carbons (Fsp3) is 0.745. The molecule has 1 atom stereocenters. The number of aliphatic hydroxyl groups excluding tert-OH is 1. The molecule has 0 amide bonds. The first-order chi connectivity index (χ1) is 27.2. The fourth-order valence-corrected chi connectivity index (χ4v) is 6.57. The van der Waals surface area contributed by atoms with Crippen molar-refractivity contribution >= 4 is 5.97 Å². The predicted molar refractivity (Wildman–Crippen MR) is 242 cm³/mol. The lowest BCUT2D eigenvalue weighted by Crippen LogP contribution is -2.27. The van der Waals surface area contributed by atoms with Crippen molar-refractivity contribution in [1.82, 2.24) is 0 Å². The van der Waals surface area contributed by atoms with E-state index in [2.05, 4.69) is 86.8 Å². The van der Waals surface area contributed by atoms with Gasteiger partial charge in [-0.1, -0.05) is 222 Å². The van der Waals surface area contributed by atoms with Gasteiger partial charge in [0, 0.05) is 13.0 Å². The van der Waals surface area contributed by atoms with E-state index in [1.54, 1.807) is 0 Å². The van der Waals surface area contributed by atoms with Crippen molar-refractivity contribution in [3.63, 3.8) is 0 Å². The zero-order valence-electron chi connectivity index (χ0n) is 36.4. The molecule has 0 saturated carbocycles. The Morgan fingerprint density at radius 1 is 0.455 bits per heavy atom. The molecule has 0 fully saturated rings. The molecule has 0 rings (SSSR count). The van der Waals surface area contributed by atoms with Crippen LogP contribution in [0.2, 0.25) is 0 Å². The molecule has 0 heterocycles. The first-order valence-electron chi connectivity index (χ1n) is 23.5. The lowest BCUT2D eigenvalue weighted by molar-refractivity contribution is -0.154. The molecule has 4 nitrogen and oxygen atoms in total. The van der Waals surface area contributed by atoms with E-state index in [-0.39, 0.29) is 19.2 Å². The third-order valence-electron chi connectivity index (χ3n) is 10.0. The summed E-state index contributed by atoms with van der Waals surface area (Å²) in [5.41, 5.74) is 0. The van der Waals surface area contributed by atoms with Crippen LogP contribution < -0.4 is 0 Å². The number of ether oxygens (including phenoxy) is 2. The Morgan fingerprint density at radius 2 is 0.818 bits per heavy atom. The van der Waals surface area contributed by atoms with Gasteiger partial charge in [0.05, 0.1) is 13.2 Å². The number of carbonyl (C=O) groups excluding carboxylic acids is 1. The van der Waals surface area contributed by atoms with Crippen molar-refractivity contribution < 1.29 is 19.4 Å². The molecule has 0 aromatic carbocycles. The number of hydrogen-bond donors (Lipinski definition) is 1. The van der Waals surface area contributed by atoms with Crippen LogP contribution in [0.15, 0.2) is 72.9 Å². The number of carbonyl (C=O) groups is 1. The van der Waals surface area contributed by atoms with E-state index < -0.39 is 6.10 Å². The molecule has 1 unspecified atom stereocenters. The van der Waals surface area contributed by atoms with Crippen molar-refractivity contribution in [2.45, 2.75) is 225 Å². The fourth-order valence-electron chi connectivity index (χ4n) is 6.57. The van der Waals surface area contributed by atoms with Crippen molar-refractivity contribution in [1.29, 1.82) is 0 Å². The highest BCUT2D eigenvalue weighted by Crippen LogP contribution is 2.15. The number of allylic oxidation sites excluding steroid dienone is 12. The van der Waals surface area contributed by atoms with E-state index in [1.165, 1.54) is 122 Å². The van der Waals surface area contributed by atoms with Crippen LogP contribution in [0.4, 0.5) is 0 Å². The van der Waals surface area contributed by atoms with E-state index in [1.807, 2.05) is 0 Å². The molecule has 0 aliphatic carbocycles. The molecule has 1 N–H and O–H groups in total. The smallest absolute Gasteiger partial charge is 0.306 e. The molecular formula is C51H90O4. The highest BCUT2D eigenvalue weighted by Gasteiger charge is 2.13. The minimum Gasteiger partial charge on any atom is -0.457 e. The third kappa shape index (κ3) is 46.1. The summed E-state index contributed by atoms with van der Waals surface area (Å²) >= 11 is 0. The highest BCUT2D eigenvalue weighted by molar-refractivity contribution is 5.69. The molecule has 4 heteroatoms. The Morgan fingerprint density at radius 3 is 1.24 bits per heavy atom. The van der Waals surface area contributed by atoms with Gasteiger partial charge in [0.15, 0.2) is 0 Å². The summed E-state index contributed by atoms with van der Waals surface area (Å²) in [6.45, 7) is 5.22. The average Bonchev–Trinajstić information content (AvgIpc) is 3.19. The van der Waals surface area contributed by atoms with Gasteiger partial charge in [-0.15, -0.1) is 0 Å². The molecular weight excluding hydrogens is 677 g/mol. The Bertz CT molecular complexity index is 942.